The van der Waals surface area contributed by atoms with Gasteiger partial charge < -0.3 is 14.8 Å². The minimum Gasteiger partial charge on any atom is -0.492 e. The van der Waals surface area contributed by atoms with Crippen molar-refractivity contribution in [3.8, 4) is 5.75 Å². The first kappa shape index (κ1) is 15.5. The Morgan fingerprint density at radius 1 is 1.12 bits per heavy atom. The molecule has 0 fully saturated rings. The monoisotopic (exact) mass is 265 g/mol. The fraction of sp³-hybridized carbons (Fsp3) is 0.455. The summed E-state index contributed by atoms with van der Waals surface area (Å²) in [5, 5.41) is 3.91. The summed E-state index contributed by atoms with van der Waals surface area (Å²) in [5.41, 5.74) is 0. The van der Waals surface area contributed by atoms with E-state index in [4.69, 9.17) is 21.1 Å². The number of hydrogen-bond acceptors (Lipinski definition) is 3. The minimum atomic E-state index is 0. The van der Waals surface area contributed by atoms with Gasteiger partial charge in [-0.25, -0.2) is 0 Å². The molecule has 0 amide bonds. The van der Waals surface area contributed by atoms with Gasteiger partial charge in [0.1, 0.15) is 12.4 Å². The molecule has 0 aromatic heterocycles. The van der Waals surface area contributed by atoms with Crippen molar-refractivity contribution in [2.45, 2.75) is 0 Å². The van der Waals surface area contributed by atoms with Gasteiger partial charge in [0, 0.05) is 25.2 Å². The lowest BCUT2D eigenvalue weighted by atomic mass is 10.3. The number of methoxy groups -OCH3 is 1. The van der Waals surface area contributed by atoms with Crippen molar-refractivity contribution in [2.75, 3.05) is 33.4 Å². The Morgan fingerprint density at radius 3 is 2.38 bits per heavy atom. The zero-order valence-electron chi connectivity index (χ0n) is 9.24. The van der Waals surface area contributed by atoms with Gasteiger partial charge in [0.05, 0.1) is 6.61 Å². The number of halogens is 2. The largest absolute Gasteiger partial charge is 0.492 e. The Morgan fingerprint density at radius 2 is 1.75 bits per heavy atom. The molecule has 0 atom stereocenters. The third-order valence-electron chi connectivity index (χ3n) is 1.84. The molecule has 1 N–H and O–H groups in total. The van der Waals surface area contributed by atoms with E-state index in [0.717, 1.165) is 30.5 Å². The smallest absolute Gasteiger partial charge is 0.119 e. The van der Waals surface area contributed by atoms with E-state index in [2.05, 4.69) is 5.32 Å². The summed E-state index contributed by atoms with van der Waals surface area (Å²) < 4.78 is 10.4. The summed E-state index contributed by atoms with van der Waals surface area (Å²) in [6.07, 6.45) is 0. The van der Waals surface area contributed by atoms with Crippen LogP contribution in [-0.2, 0) is 4.74 Å². The minimum absolute atomic E-state index is 0. The second-order valence-electron chi connectivity index (χ2n) is 3.05. The van der Waals surface area contributed by atoms with Crippen LogP contribution in [-0.4, -0.2) is 33.4 Å². The van der Waals surface area contributed by atoms with E-state index in [1.807, 2.05) is 24.3 Å². The summed E-state index contributed by atoms with van der Waals surface area (Å²) in [6, 6.07) is 7.35. The molecule has 3 nitrogen and oxygen atoms in total. The molecule has 0 aliphatic heterocycles. The molecule has 0 heterocycles. The van der Waals surface area contributed by atoms with Gasteiger partial charge in [-0.1, -0.05) is 11.6 Å². The fourth-order valence-electron chi connectivity index (χ4n) is 1.07. The molecule has 0 spiro atoms. The van der Waals surface area contributed by atoms with Gasteiger partial charge in [-0.05, 0) is 24.3 Å². The van der Waals surface area contributed by atoms with Gasteiger partial charge in [-0.2, -0.15) is 0 Å². The molecule has 0 bridgehead atoms. The first-order chi connectivity index (χ1) is 7.33. The van der Waals surface area contributed by atoms with Crippen molar-refractivity contribution in [2.24, 2.45) is 0 Å². The molecular formula is C11H17Cl2NO2. The highest BCUT2D eigenvalue weighted by atomic mass is 35.5. The van der Waals surface area contributed by atoms with Crippen molar-refractivity contribution in [3.05, 3.63) is 29.3 Å². The van der Waals surface area contributed by atoms with E-state index >= 15 is 0 Å². The standard InChI is InChI=1S/C11H16ClNO2.ClH/c1-14-8-6-13-7-9-15-11-4-2-10(12)3-5-11;/h2-5,13H,6-9H2,1H3;1H. The van der Waals surface area contributed by atoms with E-state index < -0.39 is 0 Å². The van der Waals surface area contributed by atoms with Crippen LogP contribution in [0.4, 0.5) is 0 Å². The average Bonchev–Trinajstić information content (AvgIpc) is 2.26. The zero-order chi connectivity index (χ0) is 10.9. The van der Waals surface area contributed by atoms with E-state index in [1.165, 1.54) is 0 Å². The Hall–Kier alpha value is -0.480. The molecule has 0 saturated carbocycles. The predicted molar refractivity (Wildman–Crippen MR) is 68.9 cm³/mol. The molecule has 92 valence electrons. The predicted octanol–water partition coefficient (Wildman–Crippen LogP) is 2.38. The molecule has 0 saturated heterocycles. The van der Waals surface area contributed by atoms with Gasteiger partial charge >= 0.3 is 0 Å². The van der Waals surface area contributed by atoms with Crippen molar-refractivity contribution >= 4 is 24.0 Å². The maximum atomic E-state index is 5.75. The number of rotatable bonds is 7. The van der Waals surface area contributed by atoms with Crippen LogP contribution >= 0.6 is 24.0 Å². The first-order valence-corrected chi connectivity index (χ1v) is 5.29. The molecule has 0 unspecified atom stereocenters. The van der Waals surface area contributed by atoms with Crippen LogP contribution in [0.2, 0.25) is 5.02 Å². The Balaban J connectivity index is 0.00000225. The highest BCUT2D eigenvalue weighted by molar-refractivity contribution is 6.30. The maximum Gasteiger partial charge on any atom is 0.119 e. The molecular weight excluding hydrogens is 249 g/mol. The van der Waals surface area contributed by atoms with Gasteiger partial charge in [0.25, 0.3) is 0 Å². The van der Waals surface area contributed by atoms with E-state index in [9.17, 15) is 0 Å². The number of hydrogen-bond donors (Lipinski definition) is 1. The number of benzene rings is 1. The lowest BCUT2D eigenvalue weighted by molar-refractivity contribution is 0.197. The third-order valence-corrected chi connectivity index (χ3v) is 2.10. The molecule has 0 radical (unpaired) electrons. The lowest BCUT2D eigenvalue weighted by Crippen LogP contribution is -2.24. The maximum absolute atomic E-state index is 5.75. The summed E-state index contributed by atoms with van der Waals surface area (Å²) in [4.78, 5) is 0. The first-order valence-electron chi connectivity index (χ1n) is 4.91. The SMILES string of the molecule is COCCNCCOc1ccc(Cl)cc1.Cl. The van der Waals surface area contributed by atoms with Crippen LogP contribution < -0.4 is 10.1 Å². The Bertz CT molecular complexity index is 267. The van der Waals surface area contributed by atoms with Crippen LogP contribution in [0, 0.1) is 0 Å². The highest BCUT2D eigenvalue weighted by Crippen LogP contribution is 2.14. The Labute approximate surface area is 107 Å². The topological polar surface area (TPSA) is 30.5 Å². The average molecular weight is 266 g/mol. The van der Waals surface area contributed by atoms with Crippen LogP contribution in [0.5, 0.6) is 5.75 Å². The summed E-state index contributed by atoms with van der Waals surface area (Å²) in [6.45, 7) is 3.03. The van der Waals surface area contributed by atoms with Crippen molar-refractivity contribution in [1.29, 1.82) is 0 Å². The van der Waals surface area contributed by atoms with Crippen LogP contribution in [0.15, 0.2) is 24.3 Å². The van der Waals surface area contributed by atoms with Gasteiger partial charge in [-0.3, -0.25) is 0 Å². The normalized spacial score (nSPS) is 9.62. The third kappa shape index (κ3) is 6.90. The van der Waals surface area contributed by atoms with Gasteiger partial charge in [0.2, 0.25) is 0 Å². The Kier molecular flexibility index (Phi) is 9.43. The summed E-state index contributed by atoms with van der Waals surface area (Å²) >= 11 is 5.75. The quantitative estimate of drug-likeness (QED) is 0.768. The second kappa shape index (κ2) is 9.73. The zero-order valence-corrected chi connectivity index (χ0v) is 10.8. The number of nitrogens with one attached hydrogen (secondary N) is 1. The molecule has 0 aliphatic carbocycles. The van der Waals surface area contributed by atoms with E-state index in [0.29, 0.717) is 6.61 Å². The van der Waals surface area contributed by atoms with Crippen LogP contribution in [0.25, 0.3) is 0 Å². The molecule has 1 aromatic carbocycles. The molecule has 1 aromatic rings. The molecule has 1 rings (SSSR count). The number of ether oxygens (including phenoxy) is 2. The van der Waals surface area contributed by atoms with Gasteiger partial charge in [-0.15, -0.1) is 12.4 Å². The second-order valence-corrected chi connectivity index (χ2v) is 3.48. The van der Waals surface area contributed by atoms with Crippen molar-refractivity contribution < 1.29 is 9.47 Å². The van der Waals surface area contributed by atoms with Crippen molar-refractivity contribution in [1.82, 2.24) is 5.32 Å². The van der Waals surface area contributed by atoms with Crippen LogP contribution in [0.1, 0.15) is 0 Å². The fourth-order valence-corrected chi connectivity index (χ4v) is 1.20. The van der Waals surface area contributed by atoms with E-state index in [-0.39, 0.29) is 12.4 Å². The molecule has 16 heavy (non-hydrogen) atoms. The highest BCUT2D eigenvalue weighted by Gasteiger charge is 1.93. The molecule has 0 aliphatic rings. The molecule has 5 heteroatoms. The summed E-state index contributed by atoms with van der Waals surface area (Å²) in [5.74, 6) is 0.841. The summed E-state index contributed by atoms with van der Waals surface area (Å²) in [7, 11) is 1.69. The van der Waals surface area contributed by atoms with Crippen molar-refractivity contribution in [3.63, 3.8) is 0 Å². The lowest BCUT2D eigenvalue weighted by Gasteiger charge is -2.07. The van der Waals surface area contributed by atoms with Crippen LogP contribution in [0.3, 0.4) is 0 Å². The van der Waals surface area contributed by atoms with Gasteiger partial charge in [0.15, 0.2) is 0 Å². The van der Waals surface area contributed by atoms with E-state index in [1.54, 1.807) is 7.11 Å².